The van der Waals surface area contributed by atoms with Crippen LogP contribution in [0.1, 0.15) is 47.0 Å². The molecule has 2 atom stereocenters. The first-order chi connectivity index (χ1) is 8.13. The minimum Gasteiger partial charge on any atom is -0.462 e. The smallest absolute Gasteiger partial charge is 0.306 e. The fourth-order valence-electron chi connectivity index (χ4n) is 1.87. The molecule has 4 heteroatoms. The van der Waals surface area contributed by atoms with Crippen molar-refractivity contribution >= 4 is 14.3 Å². The third kappa shape index (κ3) is 4.09. The lowest BCUT2D eigenvalue weighted by molar-refractivity contribution is -0.158. The molecule has 0 aromatic carbocycles. The number of cyclic esters (lactones) is 1. The summed E-state index contributed by atoms with van der Waals surface area (Å²) < 4.78 is 11.5. The first kappa shape index (κ1) is 15.7. The van der Waals surface area contributed by atoms with Crippen molar-refractivity contribution in [3.8, 4) is 0 Å². The van der Waals surface area contributed by atoms with E-state index in [1.807, 2.05) is 0 Å². The molecule has 18 heavy (non-hydrogen) atoms. The van der Waals surface area contributed by atoms with Gasteiger partial charge >= 0.3 is 5.97 Å². The predicted molar refractivity (Wildman–Crippen MR) is 76.0 cm³/mol. The van der Waals surface area contributed by atoms with Gasteiger partial charge in [-0.3, -0.25) is 4.79 Å². The van der Waals surface area contributed by atoms with E-state index < -0.39 is 8.32 Å². The first-order valence-corrected chi connectivity index (χ1v) is 9.88. The second-order valence-electron chi connectivity index (χ2n) is 6.94. The van der Waals surface area contributed by atoms with Crippen LogP contribution in [0.25, 0.3) is 0 Å². The minimum absolute atomic E-state index is 0.0505. The maximum Gasteiger partial charge on any atom is 0.306 e. The van der Waals surface area contributed by atoms with Gasteiger partial charge < -0.3 is 9.16 Å². The van der Waals surface area contributed by atoms with Gasteiger partial charge in [0.25, 0.3) is 0 Å². The third-order valence-electron chi connectivity index (χ3n) is 4.39. The average Bonchev–Trinajstić information content (AvgIpc) is 2.21. The second-order valence-corrected chi connectivity index (χ2v) is 11.8. The molecule has 0 radical (unpaired) electrons. The highest BCUT2D eigenvalue weighted by molar-refractivity contribution is 6.74. The molecule has 0 N–H and O–H groups in total. The second kappa shape index (κ2) is 5.74. The molecule has 0 bridgehead atoms. The summed E-state index contributed by atoms with van der Waals surface area (Å²) in [5, 5.41) is 0.238. The van der Waals surface area contributed by atoms with E-state index in [2.05, 4.69) is 40.8 Å². The summed E-state index contributed by atoms with van der Waals surface area (Å²) in [6.07, 6.45) is 2.40. The molecular formula is C14H28O3Si. The SMILES string of the molecule is C[C@H]1CCC(=O)O[C@@H]1CCO[Si](C)(C)C(C)(C)C. The lowest BCUT2D eigenvalue weighted by Gasteiger charge is -2.37. The Morgan fingerprint density at radius 1 is 1.39 bits per heavy atom. The number of carbonyl (C=O) groups is 1. The van der Waals surface area contributed by atoms with E-state index in [9.17, 15) is 4.79 Å². The summed E-state index contributed by atoms with van der Waals surface area (Å²) >= 11 is 0. The van der Waals surface area contributed by atoms with E-state index in [4.69, 9.17) is 9.16 Å². The summed E-state index contributed by atoms with van der Waals surface area (Å²) in [4.78, 5) is 11.3. The number of ether oxygens (including phenoxy) is 1. The molecule has 1 heterocycles. The van der Waals surface area contributed by atoms with Crippen LogP contribution in [-0.4, -0.2) is 27.0 Å². The molecule has 1 aliphatic rings. The van der Waals surface area contributed by atoms with Gasteiger partial charge in [-0.05, 0) is 30.5 Å². The van der Waals surface area contributed by atoms with Gasteiger partial charge in [0, 0.05) is 19.4 Å². The van der Waals surface area contributed by atoms with Crippen LogP contribution < -0.4 is 0 Å². The maximum absolute atomic E-state index is 11.3. The van der Waals surface area contributed by atoms with Crippen molar-refractivity contribution in [1.29, 1.82) is 0 Å². The summed E-state index contributed by atoms with van der Waals surface area (Å²) in [6.45, 7) is 14.1. The Morgan fingerprint density at radius 3 is 2.56 bits per heavy atom. The number of hydrogen-bond donors (Lipinski definition) is 0. The number of esters is 1. The molecule has 0 saturated carbocycles. The van der Waals surface area contributed by atoms with Crippen molar-refractivity contribution < 1.29 is 14.0 Å². The zero-order valence-corrected chi connectivity index (χ0v) is 13.7. The van der Waals surface area contributed by atoms with Gasteiger partial charge in [-0.1, -0.05) is 27.7 Å². The Bertz CT molecular complexity index is 294. The van der Waals surface area contributed by atoms with Gasteiger partial charge in [-0.2, -0.15) is 0 Å². The molecule has 0 aromatic rings. The molecule has 1 aliphatic heterocycles. The predicted octanol–water partition coefficient (Wildman–Crippen LogP) is 3.74. The van der Waals surface area contributed by atoms with Crippen LogP contribution in [0.5, 0.6) is 0 Å². The zero-order chi connectivity index (χ0) is 14.0. The van der Waals surface area contributed by atoms with E-state index in [0.29, 0.717) is 18.9 Å². The largest absolute Gasteiger partial charge is 0.462 e. The van der Waals surface area contributed by atoms with Crippen LogP contribution in [-0.2, 0) is 14.0 Å². The molecule has 0 spiro atoms. The third-order valence-corrected chi connectivity index (χ3v) is 8.93. The fourth-order valence-corrected chi connectivity index (χ4v) is 2.93. The fraction of sp³-hybridized carbons (Fsp3) is 0.929. The molecule has 106 valence electrons. The minimum atomic E-state index is -1.67. The number of carbonyl (C=O) groups excluding carboxylic acids is 1. The Hall–Kier alpha value is -0.353. The summed E-state index contributed by atoms with van der Waals surface area (Å²) in [7, 11) is -1.67. The highest BCUT2D eigenvalue weighted by Crippen LogP contribution is 2.36. The quantitative estimate of drug-likeness (QED) is 0.577. The Morgan fingerprint density at radius 2 is 2.00 bits per heavy atom. The molecule has 1 rings (SSSR count). The van der Waals surface area contributed by atoms with Gasteiger partial charge in [-0.25, -0.2) is 0 Å². The van der Waals surface area contributed by atoms with Crippen molar-refractivity contribution in [1.82, 2.24) is 0 Å². The lowest BCUT2D eigenvalue weighted by Crippen LogP contribution is -2.42. The summed E-state index contributed by atoms with van der Waals surface area (Å²) in [5.74, 6) is 0.413. The Balaban J connectivity index is 2.39. The summed E-state index contributed by atoms with van der Waals surface area (Å²) in [6, 6.07) is 0. The van der Waals surface area contributed by atoms with E-state index in [0.717, 1.165) is 12.8 Å². The van der Waals surface area contributed by atoms with Gasteiger partial charge in [-0.15, -0.1) is 0 Å². The van der Waals surface area contributed by atoms with Crippen molar-refractivity contribution in [3.63, 3.8) is 0 Å². The van der Waals surface area contributed by atoms with Gasteiger partial charge in [0.1, 0.15) is 6.10 Å². The standard InChI is InChI=1S/C14H28O3Si/c1-11-7-8-13(15)17-12(11)9-10-16-18(5,6)14(2,3)4/h11-12H,7-10H2,1-6H3/t11-,12+/m0/s1. The van der Waals surface area contributed by atoms with Crippen LogP contribution in [0, 0.1) is 5.92 Å². The van der Waals surface area contributed by atoms with E-state index in [1.165, 1.54) is 0 Å². The molecule has 3 nitrogen and oxygen atoms in total. The van der Waals surface area contributed by atoms with Crippen LogP contribution >= 0.6 is 0 Å². The first-order valence-electron chi connectivity index (χ1n) is 6.97. The van der Waals surface area contributed by atoms with Crippen LogP contribution in [0.4, 0.5) is 0 Å². The normalized spacial score (nSPS) is 26.0. The van der Waals surface area contributed by atoms with Crippen molar-refractivity contribution in [2.45, 2.75) is 71.2 Å². The Kier molecular flexibility index (Phi) is 5.01. The monoisotopic (exact) mass is 272 g/mol. The zero-order valence-electron chi connectivity index (χ0n) is 12.7. The topological polar surface area (TPSA) is 35.5 Å². The van der Waals surface area contributed by atoms with E-state index in [-0.39, 0.29) is 17.1 Å². The van der Waals surface area contributed by atoms with E-state index in [1.54, 1.807) is 0 Å². The lowest BCUT2D eigenvalue weighted by atomic mass is 9.94. The molecular weight excluding hydrogens is 244 g/mol. The van der Waals surface area contributed by atoms with Crippen LogP contribution in [0.3, 0.4) is 0 Å². The van der Waals surface area contributed by atoms with Gasteiger partial charge in [0.2, 0.25) is 0 Å². The van der Waals surface area contributed by atoms with Gasteiger partial charge in [0.15, 0.2) is 8.32 Å². The van der Waals surface area contributed by atoms with E-state index >= 15 is 0 Å². The summed E-state index contributed by atoms with van der Waals surface area (Å²) in [5.41, 5.74) is 0. The number of rotatable bonds is 4. The molecule has 0 aliphatic carbocycles. The van der Waals surface area contributed by atoms with Crippen LogP contribution in [0.15, 0.2) is 0 Å². The van der Waals surface area contributed by atoms with Gasteiger partial charge in [0.05, 0.1) is 0 Å². The van der Waals surface area contributed by atoms with Crippen molar-refractivity contribution in [2.75, 3.05) is 6.61 Å². The molecule has 0 aromatic heterocycles. The Labute approximate surface area is 112 Å². The molecule has 1 fully saturated rings. The maximum atomic E-state index is 11.3. The van der Waals surface area contributed by atoms with Crippen molar-refractivity contribution in [2.24, 2.45) is 5.92 Å². The molecule has 0 unspecified atom stereocenters. The highest BCUT2D eigenvalue weighted by Gasteiger charge is 2.37. The average molecular weight is 272 g/mol. The molecule has 1 saturated heterocycles. The van der Waals surface area contributed by atoms with Crippen LogP contribution in [0.2, 0.25) is 18.1 Å². The highest BCUT2D eigenvalue weighted by atomic mass is 28.4. The van der Waals surface area contributed by atoms with Crippen molar-refractivity contribution in [3.05, 3.63) is 0 Å². The molecule has 0 amide bonds. The number of hydrogen-bond acceptors (Lipinski definition) is 3.